The number of allylic oxidation sites excluding steroid dienone is 1. The Hall–Kier alpha value is -4.80. The Morgan fingerprint density at radius 2 is 1.72 bits per heavy atom. The summed E-state index contributed by atoms with van der Waals surface area (Å²) in [6.07, 6.45) is 4.51. The van der Waals surface area contributed by atoms with E-state index in [0.717, 1.165) is 29.5 Å². The summed E-state index contributed by atoms with van der Waals surface area (Å²) in [7, 11) is 0. The minimum Gasteiger partial charge on any atom is -0.383 e. The fourth-order valence-corrected chi connectivity index (χ4v) is 5.54. The van der Waals surface area contributed by atoms with E-state index in [1.54, 1.807) is 18.2 Å². The number of carbonyl (C=O) groups is 3. The van der Waals surface area contributed by atoms with E-state index in [-0.39, 0.29) is 45.9 Å². The molecule has 2 aliphatic rings. The normalized spacial score (nSPS) is 16.9. The summed E-state index contributed by atoms with van der Waals surface area (Å²) in [5, 5.41) is 18.8. The van der Waals surface area contributed by atoms with Crippen LogP contribution >= 0.6 is 11.8 Å². The molecule has 1 saturated heterocycles. The van der Waals surface area contributed by atoms with Crippen molar-refractivity contribution in [1.82, 2.24) is 4.98 Å². The van der Waals surface area contributed by atoms with Crippen LogP contribution < -0.4 is 10.6 Å². The molecule has 0 spiro atoms. The van der Waals surface area contributed by atoms with Gasteiger partial charge in [0.05, 0.1) is 22.1 Å². The molecule has 1 aliphatic heterocycles. The molecule has 39 heavy (non-hydrogen) atoms. The van der Waals surface area contributed by atoms with Gasteiger partial charge in [0.2, 0.25) is 11.8 Å². The Balaban J connectivity index is 1.33. The van der Waals surface area contributed by atoms with Gasteiger partial charge in [0.15, 0.2) is 5.78 Å². The van der Waals surface area contributed by atoms with E-state index in [4.69, 9.17) is 5.73 Å². The van der Waals surface area contributed by atoms with Crippen molar-refractivity contribution in [2.75, 3.05) is 10.6 Å². The number of amides is 2. The Labute approximate surface area is 227 Å². The van der Waals surface area contributed by atoms with E-state index >= 15 is 0 Å². The van der Waals surface area contributed by atoms with Crippen molar-refractivity contribution in [3.8, 4) is 12.1 Å². The molecule has 2 heterocycles. The van der Waals surface area contributed by atoms with Crippen molar-refractivity contribution < 1.29 is 18.8 Å². The molecule has 1 aromatic heterocycles. The highest BCUT2D eigenvalue weighted by Crippen LogP contribution is 2.47. The lowest BCUT2D eigenvalue weighted by molar-refractivity contribution is -0.121. The van der Waals surface area contributed by atoms with Crippen molar-refractivity contribution in [2.24, 2.45) is 0 Å². The third-order valence-electron chi connectivity index (χ3n) is 6.51. The van der Waals surface area contributed by atoms with Crippen LogP contribution in [0, 0.1) is 28.5 Å². The van der Waals surface area contributed by atoms with E-state index in [1.807, 2.05) is 6.07 Å². The van der Waals surface area contributed by atoms with Gasteiger partial charge in [-0.25, -0.2) is 14.3 Å². The second kappa shape index (κ2) is 10.5. The van der Waals surface area contributed by atoms with E-state index in [1.165, 1.54) is 42.5 Å². The molecule has 0 radical (unpaired) electrons. The quantitative estimate of drug-likeness (QED) is 0.259. The zero-order valence-electron chi connectivity index (χ0n) is 20.4. The van der Waals surface area contributed by atoms with Gasteiger partial charge >= 0.3 is 0 Å². The number of hydrogen-bond donors (Lipinski definition) is 1. The van der Waals surface area contributed by atoms with Crippen molar-refractivity contribution >= 4 is 46.9 Å². The third kappa shape index (κ3) is 5.15. The van der Waals surface area contributed by atoms with Crippen LogP contribution in [0.1, 0.15) is 57.8 Å². The number of halogens is 1. The van der Waals surface area contributed by atoms with E-state index < -0.39 is 17.1 Å². The molecule has 192 valence electrons. The first-order chi connectivity index (χ1) is 18.8. The van der Waals surface area contributed by atoms with Crippen LogP contribution in [0.4, 0.5) is 15.9 Å². The van der Waals surface area contributed by atoms with Crippen LogP contribution in [-0.4, -0.2) is 27.8 Å². The zero-order valence-corrected chi connectivity index (χ0v) is 21.2. The van der Waals surface area contributed by atoms with Crippen LogP contribution in [0.25, 0.3) is 6.08 Å². The van der Waals surface area contributed by atoms with Crippen LogP contribution in [0.15, 0.2) is 59.6 Å². The van der Waals surface area contributed by atoms with E-state index in [0.29, 0.717) is 22.4 Å². The molecule has 5 rings (SSSR count). The summed E-state index contributed by atoms with van der Waals surface area (Å²) in [4.78, 5) is 43.9. The molecular weight excluding hydrogens is 517 g/mol. The van der Waals surface area contributed by atoms with E-state index in [2.05, 4.69) is 11.1 Å². The monoisotopic (exact) mass is 537 g/mol. The summed E-state index contributed by atoms with van der Waals surface area (Å²) in [6, 6.07) is 15.9. The highest BCUT2D eigenvalue weighted by molar-refractivity contribution is 8.00. The highest BCUT2D eigenvalue weighted by atomic mass is 32.2. The first kappa shape index (κ1) is 25.8. The fraction of sp³-hybridized carbons (Fsp3) is 0.172. The van der Waals surface area contributed by atoms with Crippen molar-refractivity contribution in [3.05, 3.63) is 88.2 Å². The maximum Gasteiger partial charge on any atom is 0.247 e. The van der Waals surface area contributed by atoms with Gasteiger partial charge in [-0.2, -0.15) is 10.5 Å². The van der Waals surface area contributed by atoms with Gasteiger partial charge in [-0.05, 0) is 72.4 Å². The SMILES string of the molecule is N#Cc1c(N)nc(SC2CC(=O)N(c3ccc(C(=O)/C=C/c4ccc(F)cc4)cc3)C2=O)c(C#N)c1C1CC1. The van der Waals surface area contributed by atoms with Gasteiger partial charge in [0.25, 0.3) is 0 Å². The lowest BCUT2D eigenvalue weighted by Crippen LogP contribution is -2.31. The van der Waals surface area contributed by atoms with E-state index in [9.17, 15) is 29.3 Å². The number of ketones is 1. The number of rotatable bonds is 7. The minimum absolute atomic E-state index is 0.00302. The van der Waals surface area contributed by atoms with Crippen molar-refractivity contribution in [1.29, 1.82) is 10.5 Å². The van der Waals surface area contributed by atoms with Gasteiger partial charge in [0, 0.05) is 12.0 Å². The summed E-state index contributed by atoms with van der Waals surface area (Å²) >= 11 is 0.997. The van der Waals surface area contributed by atoms with Crippen LogP contribution in [-0.2, 0) is 9.59 Å². The van der Waals surface area contributed by atoms with Crippen LogP contribution in [0.5, 0.6) is 0 Å². The zero-order chi connectivity index (χ0) is 27.7. The largest absolute Gasteiger partial charge is 0.383 e. The molecule has 8 nitrogen and oxygen atoms in total. The van der Waals surface area contributed by atoms with Gasteiger partial charge in [-0.3, -0.25) is 14.4 Å². The second-order valence-electron chi connectivity index (χ2n) is 9.14. The van der Waals surface area contributed by atoms with Crippen LogP contribution in [0.3, 0.4) is 0 Å². The van der Waals surface area contributed by atoms with Gasteiger partial charge in [0.1, 0.15) is 28.8 Å². The molecule has 1 atom stereocenters. The molecule has 2 amide bonds. The molecule has 2 fully saturated rings. The summed E-state index contributed by atoms with van der Waals surface area (Å²) in [6.45, 7) is 0. The number of nitriles is 2. The number of benzene rings is 2. The summed E-state index contributed by atoms with van der Waals surface area (Å²) in [5.41, 5.74) is 8.33. The number of aromatic nitrogens is 1. The first-order valence-corrected chi connectivity index (χ1v) is 12.9. The second-order valence-corrected chi connectivity index (χ2v) is 10.3. The van der Waals surface area contributed by atoms with Crippen molar-refractivity contribution in [2.45, 2.75) is 35.5 Å². The molecule has 2 N–H and O–H groups in total. The van der Waals surface area contributed by atoms with Gasteiger partial charge < -0.3 is 5.73 Å². The Kier molecular flexibility index (Phi) is 6.97. The van der Waals surface area contributed by atoms with Crippen LogP contribution in [0.2, 0.25) is 0 Å². The molecule has 1 unspecified atom stereocenters. The molecule has 1 saturated carbocycles. The molecule has 0 bridgehead atoms. The molecular formula is C29H20FN5O3S. The lowest BCUT2D eigenvalue weighted by Gasteiger charge is -2.16. The maximum atomic E-state index is 13.2. The highest BCUT2D eigenvalue weighted by Gasteiger charge is 2.42. The Morgan fingerprint density at radius 3 is 2.33 bits per heavy atom. The predicted molar refractivity (Wildman–Crippen MR) is 143 cm³/mol. The predicted octanol–water partition coefficient (Wildman–Crippen LogP) is 4.74. The summed E-state index contributed by atoms with van der Waals surface area (Å²) in [5.74, 6) is -1.49. The first-order valence-electron chi connectivity index (χ1n) is 12.1. The Bertz CT molecular complexity index is 1620. The number of hydrogen-bond acceptors (Lipinski definition) is 8. The number of anilines is 2. The number of imide groups is 1. The summed E-state index contributed by atoms with van der Waals surface area (Å²) < 4.78 is 13.1. The van der Waals surface area contributed by atoms with Crippen molar-refractivity contribution in [3.63, 3.8) is 0 Å². The number of nitrogen functional groups attached to an aromatic ring is 1. The lowest BCUT2D eigenvalue weighted by atomic mass is 10.0. The number of nitrogens with two attached hydrogens (primary N) is 1. The fourth-order valence-electron chi connectivity index (χ4n) is 4.41. The molecule has 10 heteroatoms. The molecule has 2 aromatic carbocycles. The minimum atomic E-state index is -0.823. The third-order valence-corrected chi connectivity index (χ3v) is 7.68. The standard InChI is InChI=1S/C29H20FN5O3S/c30-19-8-1-16(2-9-19)3-12-23(36)17-6-10-20(11-7-17)35-25(37)13-24(29(35)38)39-28-22(15-32)26(18-4-5-18)21(14-31)27(33)34-28/h1-3,6-12,18,24H,4-5,13H2,(H2,33,34)/b12-3+. The number of nitrogens with zero attached hydrogens (tertiary/aromatic N) is 4. The maximum absolute atomic E-state index is 13.2. The molecule has 3 aromatic rings. The average Bonchev–Trinajstić information content (AvgIpc) is 3.73. The van der Waals surface area contributed by atoms with Gasteiger partial charge in [-0.15, -0.1) is 0 Å². The topological polar surface area (TPSA) is 141 Å². The smallest absolute Gasteiger partial charge is 0.247 e. The average molecular weight is 538 g/mol. The number of thioether (sulfide) groups is 1. The number of pyridine rings is 1. The molecule has 1 aliphatic carbocycles. The number of carbonyl (C=O) groups excluding carboxylic acids is 3. The van der Waals surface area contributed by atoms with Gasteiger partial charge in [-0.1, -0.05) is 30.0 Å². The Morgan fingerprint density at radius 1 is 1.05 bits per heavy atom.